The van der Waals surface area contributed by atoms with Crippen molar-refractivity contribution in [2.24, 2.45) is 5.73 Å². The van der Waals surface area contributed by atoms with E-state index in [1.165, 1.54) is 12.1 Å². The molecular formula is C12H14FN3O. The maximum atomic E-state index is 13.0. The van der Waals surface area contributed by atoms with Crippen LogP contribution in [-0.2, 0) is 12.8 Å². The number of hydrogen-bond acceptors (Lipinski definition) is 4. The van der Waals surface area contributed by atoms with E-state index in [4.69, 9.17) is 10.3 Å². The standard InChI is InChI=1S/C12H14FN3O/c13-10-4-1-3-9(7-10)8-11-15-12(17-16-11)5-2-6-14/h1,3-4,7H,2,5-6,8,14H2. The Bertz CT molecular complexity index is 484. The average molecular weight is 235 g/mol. The normalized spacial score (nSPS) is 10.7. The maximum absolute atomic E-state index is 13.0. The van der Waals surface area contributed by atoms with Crippen molar-refractivity contribution in [1.29, 1.82) is 0 Å². The number of hydrogen-bond donors (Lipinski definition) is 1. The zero-order valence-electron chi connectivity index (χ0n) is 9.40. The lowest BCUT2D eigenvalue weighted by atomic mass is 10.1. The molecule has 0 aliphatic carbocycles. The Hall–Kier alpha value is -1.75. The summed E-state index contributed by atoms with van der Waals surface area (Å²) in [5.74, 6) is 0.902. The van der Waals surface area contributed by atoms with Crippen molar-refractivity contribution in [2.75, 3.05) is 6.54 Å². The SMILES string of the molecule is NCCCc1nc(Cc2cccc(F)c2)no1. The van der Waals surface area contributed by atoms with Gasteiger partial charge in [0.15, 0.2) is 5.82 Å². The van der Waals surface area contributed by atoms with Crippen LogP contribution in [0.4, 0.5) is 4.39 Å². The van der Waals surface area contributed by atoms with Crippen LogP contribution in [0.3, 0.4) is 0 Å². The summed E-state index contributed by atoms with van der Waals surface area (Å²) in [6, 6.07) is 6.38. The molecule has 1 heterocycles. The highest BCUT2D eigenvalue weighted by Gasteiger charge is 2.07. The second-order valence-electron chi connectivity index (χ2n) is 3.80. The molecule has 0 amide bonds. The van der Waals surface area contributed by atoms with Crippen LogP contribution in [0.25, 0.3) is 0 Å². The van der Waals surface area contributed by atoms with Gasteiger partial charge in [-0.25, -0.2) is 4.39 Å². The summed E-state index contributed by atoms with van der Waals surface area (Å²) < 4.78 is 18.0. The van der Waals surface area contributed by atoms with E-state index in [0.29, 0.717) is 31.1 Å². The van der Waals surface area contributed by atoms with Crippen LogP contribution >= 0.6 is 0 Å². The summed E-state index contributed by atoms with van der Waals surface area (Å²) in [5, 5.41) is 3.84. The van der Waals surface area contributed by atoms with E-state index < -0.39 is 0 Å². The number of aromatic nitrogens is 2. The van der Waals surface area contributed by atoms with E-state index in [9.17, 15) is 4.39 Å². The van der Waals surface area contributed by atoms with E-state index in [1.54, 1.807) is 6.07 Å². The van der Waals surface area contributed by atoms with E-state index in [2.05, 4.69) is 10.1 Å². The summed E-state index contributed by atoms with van der Waals surface area (Å²) in [7, 11) is 0. The number of aryl methyl sites for hydroxylation is 1. The molecule has 17 heavy (non-hydrogen) atoms. The summed E-state index contributed by atoms with van der Waals surface area (Å²) >= 11 is 0. The van der Waals surface area contributed by atoms with Gasteiger partial charge < -0.3 is 10.3 Å². The lowest BCUT2D eigenvalue weighted by molar-refractivity contribution is 0.371. The number of benzene rings is 1. The Kier molecular flexibility index (Phi) is 3.82. The van der Waals surface area contributed by atoms with Crippen molar-refractivity contribution in [1.82, 2.24) is 10.1 Å². The fourth-order valence-electron chi connectivity index (χ4n) is 1.55. The van der Waals surface area contributed by atoms with Gasteiger partial charge >= 0.3 is 0 Å². The second kappa shape index (κ2) is 5.54. The summed E-state index contributed by atoms with van der Waals surface area (Å²) in [6.45, 7) is 0.599. The van der Waals surface area contributed by atoms with E-state index in [1.807, 2.05) is 6.07 Å². The minimum absolute atomic E-state index is 0.255. The molecule has 0 fully saturated rings. The van der Waals surface area contributed by atoms with Crippen LogP contribution in [0.15, 0.2) is 28.8 Å². The molecule has 1 aromatic carbocycles. The molecule has 2 N–H and O–H groups in total. The lowest BCUT2D eigenvalue weighted by Crippen LogP contribution is -2.00. The van der Waals surface area contributed by atoms with Gasteiger partial charge in [-0.1, -0.05) is 17.3 Å². The predicted molar refractivity (Wildman–Crippen MR) is 60.9 cm³/mol. The lowest BCUT2D eigenvalue weighted by Gasteiger charge is -1.95. The zero-order valence-corrected chi connectivity index (χ0v) is 9.40. The first kappa shape index (κ1) is 11.7. The average Bonchev–Trinajstić information content (AvgIpc) is 2.74. The summed E-state index contributed by atoms with van der Waals surface area (Å²) in [6.07, 6.45) is 1.98. The smallest absolute Gasteiger partial charge is 0.226 e. The van der Waals surface area contributed by atoms with Gasteiger partial charge in [-0.15, -0.1) is 0 Å². The summed E-state index contributed by atoms with van der Waals surface area (Å²) in [5.41, 5.74) is 6.22. The molecule has 0 bridgehead atoms. The Morgan fingerprint density at radius 3 is 3.00 bits per heavy atom. The second-order valence-corrected chi connectivity index (χ2v) is 3.80. The van der Waals surface area contributed by atoms with Gasteiger partial charge in [0, 0.05) is 12.8 Å². The van der Waals surface area contributed by atoms with Crippen molar-refractivity contribution in [3.63, 3.8) is 0 Å². The van der Waals surface area contributed by atoms with Crippen LogP contribution in [0, 0.1) is 5.82 Å². The van der Waals surface area contributed by atoms with E-state index in [-0.39, 0.29) is 5.82 Å². The largest absolute Gasteiger partial charge is 0.339 e. The third-order valence-corrected chi connectivity index (χ3v) is 2.36. The number of halogens is 1. The molecule has 5 heteroatoms. The van der Waals surface area contributed by atoms with Crippen LogP contribution in [-0.4, -0.2) is 16.7 Å². The Balaban J connectivity index is 2.01. The number of nitrogens with zero attached hydrogens (tertiary/aromatic N) is 2. The van der Waals surface area contributed by atoms with Crippen LogP contribution < -0.4 is 5.73 Å². The number of nitrogens with two attached hydrogens (primary N) is 1. The Labute approximate surface area is 98.6 Å². The molecule has 2 rings (SSSR count). The van der Waals surface area contributed by atoms with Crippen molar-refractivity contribution in [2.45, 2.75) is 19.3 Å². The highest BCUT2D eigenvalue weighted by molar-refractivity contribution is 5.19. The molecule has 0 atom stereocenters. The van der Waals surface area contributed by atoms with Gasteiger partial charge in [0.25, 0.3) is 0 Å². The molecule has 0 aliphatic heterocycles. The Morgan fingerprint density at radius 1 is 1.35 bits per heavy atom. The molecule has 0 spiro atoms. The van der Waals surface area contributed by atoms with Crippen molar-refractivity contribution in [3.05, 3.63) is 47.4 Å². The molecule has 0 unspecified atom stereocenters. The Morgan fingerprint density at radius 2 is 2.24 bits per heavy atom. The van der Waals surface area contributed by atoms with E-state index >= 15 is 0 Å². The first-order valence-corrected chi connectivity index (χ1v) is 5.54. The molecule has 0 aliphatic rings. The van der Waals surface area contributed by atoms with Crippen LogP contribution in [0.5, 0.6) is 0 Å². The molecule has 90 valence electrons. The van der Waals surface area contributed by atoms with Gasteiger partial charge in [-0.3, -0.25) is 0 Å². The number of rotatable bonds is 5. The zero-order chi connectivity index (χ0) is 12.1. The molecular weight excluding hydrogens is 221 g/mol. The predicted octanol–water partition coefficient (Wildman–Crippen LogP) is 1.69. The summed E-state index contributed by atoms with van der Waals surface area (Å²) in [4.78, 5) is 4.22. The van der Waals surface area contributed by atoms with Crippen molar-refractivity contribution >= 4 is 0 Å². The van der Waals surface area contributed by atoms with Gasteiger partial charge in [0.2, 0.25) is 5.89 Å². The first-order chi connectivity index (χ1) is 8.28. The fourth-order valence-corrected chi connectivity index (χ4v) is 1.55. The van der Waals surface area contributed by atoms with Crippen LogP contribution in [0.2, 0.25) is 0 Å². The van der Waals surface area contributed by atoms with Crippen LogP contribution in [0.1, 0.15) is 23.7 Å². The maximum Gasteiger partial charge on any atom is 0.226 e. The van der Waals surface area contributed by atoms with Crippen molar-refractivity contribution < 1.29 is 8.91 Å². The van der Waals surface area contributed by atoms with Gasteiger partial charge in [0.05, 0.1) is 0 Å². The van der Waals surface area contributed by atoms with Gasteiger partial charge in [-0.05, 0) is 30.7 Å². The monoisotopic (exact) mass is 235 g/mol. The van der Waals surface area contributed by atoms with Gasteiger partial charge in [-0.2, -0.15) is 4.98 Å². The molecule has 0 saturated carbocycles. The molecule has 2 aromatic rings. The molecule has 1 aromatic heterocycles. The van der Waals surface area contributed by atoms with Gasteiger partial charge in [0.1, 0.15) is 5.82 Å². The third kappa shape index (κ3) is 3.35. The molecule has 0 saturated heterocycles. The molecule has 0 radical (unpaired) electrons. The minimum atomic E-state index is -0.255. The van der Waals surface area contributed by atoms with Crippen molar-refractivity contribution in [3.8, 4) is 0 Å². The molecule has 4 nitrogen and oxygen atoms in total. The highest BCUT2D eigenvalue weighted by atomic mass is 19.1. The third-order valence-electron chi connectivity index (χ3n) is 2.36. The quantitative estimate of drug-likeness (QED) is 0.856. The topological polar surface area (TPSA) is 64.9 Å². The minimum Gasteiger partial charge on any atom is -0.339 e. The fraction of sp³-hybridized carbons (Fsp3) is 0.333. The van der Waals surface area contributed by atoms with E-state index in [0.717, 1.165) is 12.0 Å². The highest BCUT2D eigenvalue weighted by Crippen LogP contribution is 2.09. The first-order valence-electron chi connectivity index (χ1n) is 5.54.